The fourth-order valence-corrected chi connectivity index (χ4v) is 4.72. The van der Waals surface area contributed by atoms with Crippen molar-refractivity contribution in [3.05, 3.63) is 81.6 Å². The number of nitrogens with zero attached hydrogens (tertiary/aromatic N) is 4. The summed E-state index contributed by atoms with van der Waals surface area (Å²) < 4.78 is 7.83. The van der Waals surface area contributed by atoms with Gasteiger partial charge in [-0.2, -0.15) is 0 Å². The molecule has 0 spiro atoms. The first-order chi connectivity index (χ1) is 17.0. The van der Waals surface area contributed by atoms with Gasteiger partial charge in [-0.05, 0) is 43.0 Å². The molecule has 0 aliphatic carbocycles. The Morgan fingerprint density at radius 2 is 1.80 bits per heavy atom. The van der Waals surface area contributed by atoms with Crippen LogP contribution < -0.4 is 5.32 Å². The molecule has 3 aromatic rings. The van der Waals surface area contributed by atoms with Gasteiger partial charge in [0, 0.05) is 30.6 Å². The first kappa shape index (κ1) is 23.5. The van der Waals surface area contributed by atoms with Gasteiger partial charge in [-0.3, -0.25) is 9.59 Å². The lowest BCUT2D eigenvalue weighted by atomic mass is 9.95. The molecule has 2 aromatic carbocycles. The molecule has 182 valence electrons. The van der Waals surface area contributed by atoms with E-state index in [1.807, 2.05) is 24.3 Å². The van der Waals surface area contributed by atoms with Crippen LogP contribution in [0.5, 0.6) is 0 Å². The molecule has 5 rings (SSSR count). The first-order valence-corrected chi connectivity index (χ1v) is 12.3. The first-order valence-electron chi connectivity index (χ1n) is 11.9. The standard InChI is InChI=1S/C26H28ClN5O3/c1-17-2-6-19(7-3-17)23-15-32-22(16-35-23)24(29-30-32)26(34)31-12-10-20(11-13-31)25(33)28-14-18-4-8-21(27)9-5-18/h2-9,20,23H,10-16H2,1H3,(H,28,33). The van der Waals surface area contributed by atoms with Gasteiger partial charge in [-0.25, -0.2) is 4.68 Å². The van der Waals surface area contributed by atoms with Gasteiger partial charge in [0.25, 0.3) is 5.91 Å². The Kier molecular flexibility index (Phi) is 6.83. The summed E-state index contributed by atoms with van der Waals surface area (Å²) in [5.74, 6) is -0.244. The molecule has 0 radical (unpaired) electrons. The van der Waals surface area contributed by atoms with Crippen molar-refractivity contribution in [1.29, 1.82) is 0 Å². The van der Waals surface area contributed by atoms with Crippen molar-refractivity contribution < 1.29 is 14.3 Å². The van der Waals surface area contributed by atoms with Gasteiger partial charge in [0.15, 0.2) is 5.69 Å². The summed E-state index contributed by atoms with van der Waals surface area (Å²) in [6.07, 6.45) is 1.12. The van der Waals surface area contributed by atoms with Crippen molar-refractivity contribution >= 4 is 23.4 Å². The average Bonchev–Trinajstić information content (AvgIpc) is 3.31. The molecule has 1 aromatic heterocycles. The number of rotatable bonds is 5. The Labute approximate surface area is 209 Å². The van der Waals surface area contributed by atoms with Crippen LogP contribution in [0.3, 0.4) is 0 Å². The number of benzene rings is 2. The maximum absolute atomic E-state index is 13.2. The fourth-order valence-electron chi connectivity index (χ4n) is 4.59. The van der Waals surface area contributed by atoms with Gasteiger partial charge >= 0.3 is 0 Å². The van der Waals surface area contributed by atoms with E-state index in [9.17, 15) is 9.59 Å². The van der Waals surface area contributed by atoms with Gasteiger partial charge in [0.1, 0.15) is 6.10 Å². The van der Waals surface area contributed by atoms with E-state index < -0.39 is 0 Å². The van der Waals surface area contributed by atoms with Crippen LogP contribution in [0.15, 0.2) is 48.5 Å². The summed E-state index contributed by atoms with van der Waals surface area (Å²) >= 11 is 5.91. The number of amides is 2. The number of likely N-dealkylation sites (tertiary alicyclic amines) is 1. The van der Waals surface area contributed by atoms with Crippen LogP contribution in [0.4, 0.5) is 0 Å². The normalized spacial score (nSPS) is 18.2. The minimum atomic E-state index is -0.149. The summed E-state index contributed by atoms with van der Waals surface area (Å²) in [5.41, 5.74) is 4.33. The van der Waals surface area contributed by atoms with Crippen molar-refractivity contribution in [2.24, 2.45) is 5.92 Å². The lowest BCUT2D eigenvalue weighted by Gasteiger charge is -2.31. The van der Waals surface area contributed by atoms with Crippen LogP contribution in [-0.4, -0.2) is 44.8 Å². The molecule has 3 heterocycles. The Morgan fingerprint density at radius 1 is 1.09 bits per heavy atom. The molecule has 1 N–H and O–H groups in total. The molecule has 1 atom stereocenters. The molecule has 2 amide bonds. The lowest BCUT2D eigenvalue weighted by Crippen LogP contribution is -2.43. The highest BCUT2D eigenvalue weighted by molar-refractivity contribution is 6.30. The Hall–Kier alpha value is -3.23. The number of aryl methyl sites for hydroxylation is 1. The molecule has 2 aliphatic rings. The second kappa shape index (κ2) is 10.2. The van der Waals surface area contributed by atoms with E-state index in [0.29, 0.717) is 55.4 Å². The molecule has 1 unspecified atom stereocenters. The monoisotopic (exact) mass is 493 g/mol. The number of hydrogen-bond donors (Lipinski definition) is 1. The molecular weight excluding hydrogens is 466 g/mol. The van der Waals surface area contributed by atoms with E-state index >= 15 is 0 Å². The van der Waals surface area contributed by atoms with Crippen molar-refractivity contribution in [2.75, 3.05) is 13.1 Å². The minimum absolute atomic E-state index is 0.0173. The molecule has 9 heteroatoms. The molecule has 0 bridgehead atoms. The Balaban J connectivity index is 1.15. The predicted octanol–water partition coefficient (Wildman–Crippen LogP) is 3.68. The van der Waals surface area contributed by atoms with Crippen molar-refractivity contribution in [1.82, 2.24) is 25.2 Å². The van der Waals surface area contributed by atoms with Gasteiger partial charge in [0.05, 0.1) is 18.8 Å². The molecule has 2 aliphatic heterocycles. The van der Waals surface area contributed by atoms with Crippen molar-refractivity contribution in [2.45, 2.75) is 45.6 Å². The zero-order valence-electron chi connectivity index (χ0n) is 19.6. The number of hydrogen-bond acceptors (Lipinski definition) is 5. The van der Waals surface area contributed by atoms with Crippen LogP contribution in [-0.2, 0) is 29.2 Å². The summed E-state index contributed by atoms with van der Waals surface area (Å²) in [6.45, 7) is 4.35. The van der Waals surface area contributed by atoms with Crippen molar-refractivity contribution in [3.8, 4) is 0 Å². The molecule has 1 fully saturated rings. The predicted molar refractivity (Wildman–Crippen MR) is 131 cm³/mol. The van der Waals surface area contributed by atoms with Gasteiger partial charge in [-0.15, -0.1) is 5.10 Å². The number of fused-ring (bicyclic) bond motifs is 1. The summed E-state index contributed by atoms with van der Waals surface area (Å²) in [4.78, 5) is 27.6. The number of carbonyl (C=O) groups is 2. The van der Waals surface area contributed by atoms with E-state index in [1.54, 1.807) is 9.58 Å². The third kappa shape index (κ3) is 5.23. The maximum Gasteiger partial charge on any atom is 0.276 e. The summed E-state index contributed by atoms with van der Waals surface area (Å²) in [6, 6.07) is 15.7. The molecule has 8 nitrogen and oxygen atoms in total. The fraction of sp³-hybridized carbons (Fsp3) is 0.385. The molecule has 35 heavy (non-hydrogen) atoms. The maximum atomic E-state index is 13.2. The SMILES string of the molecule is Cc1ccc(C2Cn3nnc(C(=O)N4CCC(C(=O)NCc5ccc(Cl)cc5)CC4)c3CO2)cc1. The van der Waals surface area contributed by atoms with Crippen molar-refractivity contribution in [3.63, 3.8) is 0 Å². The zero-order valence-corrected chi connectivity index (χ0v) is 20.4. The van der Waals surface area contributed by atoms with Gasteiger partial charge < -0.3 is 15.0 Å². The second-order valence-electron chi connectivity index (χ2n) is 9.19. The van der Waals surface area contributed by atoms with E-state index in [0.717, 1.165) is 11.1 Å². The van der Waals surface area contributed by atoms with E-state index in [-0.39, 0.29) is 30.4 Å². The number of nitrogens with one attached hydrogen (secondary N) is 1. The van der Waals surface area contributed by atoms with E-state index in [2.05, 4.69) is 46.8 Å². The van der Waals surface area contributed by atoms with Crippen LogP contribution in [0.25, 0.3) is 0 Å². The smallest absolute Gasteiger partial charge is 0.276 e. The van der Waals surface area contributed by atoms with E-state index in [1.165, 1.54) is 5.56 Å². The third-order valence-electron chi connectivity index (χ3n) is 6.78. The van der Waals surface area contributed by atoms with Crippen LogP contribution >= 0.6 is 11.6 Å². The topological polar surface area (TPSA) is 89.4 Å². The number of halogens is 1. The number of carbonyl (C=O) groups excluding carboxylic acids is 2. The number of ether oxygens (including phenoxy) is 1. The van der Waals surface area contributed by atoms with Crippen LogP contribution in [0, 0.1) is 12.8 Å². The molecule has 1 saturated heterocycles. The lowest BCUT2D eigenvalue weighted by molar-refractivity contribution is -0.126. The largest absolute Gasteiger partial charge is 0.365 e. The molecule has 0 saturated carbocycles. The molecular formula is C26H28ClN5O3. The Bertz CT molecular complexity index is 1200. The Morgan fingerprint density at radius 3 is 2.51 bits per heavy atom. The highest BCUT2D eigenvalue weighted by Gasteiger charge is 2.33. The van der Waals surface area contributed by atoms with Crippen LogP contribution in [0.1, 0.15) is 51.8 Å². The highest BCUT2D eigenvalue weighted by atomic mass is 35.5. The second-order valence-corrected chi connectivity index (χ2v) is 9.62. The quantitative estimate of drug-likeness (QED) is 0.585. The summed E-state index contributed by atoms with van der Waals surface area (Å²) in [7, 11) is 0. The van der Waals surface area contributed by atoms with Gasteiger partial charge in [0.2, 0.25) is 5.91 Å². The zero-order chi connectivity index (χ0) is 24.4. The van der Waals surface area contributed by atoms with Gasteiger partial charge in [-0.1, -0.05) is 58.8 Å². The third-order valence-corrected chi connectivity index (χ3v) is 7.03. The highest BCUT2D eigenvalue weighted by Crippen LogP contribution is 2.28. The number of piperidine rings is 1. The van der Waals surface area contributed by atoms with Crippen LogP contribution in [0.2, 0.25) is 5.02 Å². The van der Waals surface area contributed by atoms with E-state index in [4.69, 9.17) is 16.3 Å². The minimum Gasteiger partial charge on any atom is -0.365 e. The summed E-state index contributed by atoms with van der Waals surface area (Å²) in [5, 5.41) is 12.1. The average molecular weight is 494 g/mol. The number of aromatic nitrogens is 3.